The van der Waals surface area contributed by atoms with Crippen molar-refractivity contribution in [3.8, 4) is 0 Å². The number of benzene rings is 2. The highest BCUT2D eigenvalue weighted by molar-refractivity contribution is 5.95. The first-order chi connectivity index (χ1) is 11.9. The van der Waals surface area contributed by atoms with Crippen molar-refractivity contribution >= 4 is 29.2 Å². The maximum absolute atomic E-state index is 13.6. The van der Waals surface area contributed by atoms with Gasteiger partial charge in [0.15, 0.2) is 0 Å². The van der Waals surface area contributed by atoms with Gasteiger partial charge in [0.2, 0.25) is 11.8 Å². The van der Waals surface area contributed by atoms with E-state index in [0.29, 0.717) is 11.4 Å². The Hall–Kier alpha value is -3.22. The lowest BCUT2D eigenvalue weighted by Crippen LogP contribution is -2.15. The molecular weight excluding hydrogens is 327 g/mol. The van der Waals surface area contributed by atoms with Gasteiger partial charge in [0.25, 0.3) is 0 Å². The van der Waals surface area contributed by atoms with Crippen LogP contribution in [0.2, 0.25) is 0 Å². The van der Waals surface area contributed by atoms with Crippen molar-refractivity contribution in [1.82, 2.24) is 0 Å². The molecule has 2 amide bonds. The second kappa shape index (κ2) is 8.05. The molecule has 6 nitrogen and oxygen atoms in total. The van der Waals surface area contributed by atoms with Gasteiger partial charge in [-0.15, -0.1) is 0 Å². The van der Waals surface area contributed by atoms with Crippen molar-refractivity contribution in [2.45, 2.75) is 13.3 Å². The second-order valence-corrected chi connectivity index (χ2v) is 5.29. The Balaban J connectivity index is 2.02. The summed E-state index contributed by atoms with van der Waals surface area (Å²) in [6, 6.07) is 10.5. The number of nitrogens with one attached hydrogen (secondary N) is 2. The van der Waals surface area contributed by atoms with Crippen LogP contribution in [0.1, 0.15) is 22.8 Å². The SMILES string of the molecule is COC(=O)c1cc(NC(=O)Cc2ccc(NC(C)=O)cc2)ccc1F. The Morgan fingerprint density at radius 1 is 1.00 bits per heavy atom. The van der Waals surface area contributed by atoms with Gasteiger partial charge in [-0.3, -0.25) is 9.59 Å². The van der Waals surface area contributed by atoms with Gasteiger partial charge < -0.3 is 15.4 Å². The molecule has 0 unspecified atom stereocenters. The van der Waals surface area contributed by atoms with Gasteiger partial charge in [0, 0.05) is 18.3 Å². The van der Waals surface area contributed by atoms with E-state index in [2.05, 4.69) is 15.4 Å². The number of hydrogen-bond donors (Lipinski definition) is 2. The van der Waals surface area contributed by atoms with E-state index in [0.717, 1.165) is 18.7 Å². The summed E-state index contributed by atoms with van der Waals surface area (Å²) in [6.45, 7) is 1.41. The number of halogens is 1. The summed E-state index contributed by atoms with van der Waals surface area (Å²) in [5, 5.41) is 5.23. The van der Waals surface area contributed by atoms with Crippen molar-refractivity contribution in [1.29, 1.82) is 0 Å². The molecule has 0 radical (unpaired) electrons. The topological polar surface area (TPSA) is 84.5 Å². The predicted octanol–water partition coefficient (Wildman–Crippen LogP) is 2.75. The quantitative estimate of drug-likeness (QED) is 0.817. The molecule has 0 bridgehead atoms. The van der Waals surface area contributed by atoms with Crippen LogP contribution in [0.4, 0.5) is 15.8 Å². The number of methoxy groups -OCH3 is 1. The molecule has 0 atom stereocenters. The lowest BCUT2D eigenvalue weighted by Gasteiger charge is -2.08. The second-order valence-electron chi connectivity index (χ2n) is 5.29. The molecule has 130 valence electrons. The summed E-state index contributed by atoms with van der Waals surface area (Å²) in [5.74, 6) is -2.04. The van der Waals surface area contributed by atoms with Crippen LogP contribution in [0.3, 0.4) is 0 Å². The Kier molecular flexibility index (Phi) is 5.84. The van der Waals surface area contributed by atoms with Crippen molar-refractivity contribution < 1.29 is 23.5 Å². The monoisotopic (exact) mass is 344 g/mol. The van der Waals surface area contributed by atoms with Gasteiger partial charge in [-0.05, 0) is 35.9 Å². The van der Waals surface area contributed by atoms with E-state index in [9.17, 15) is 18.8 Å². The van der Waals surface area contributed by atoms with Gasteiger partial charge >= 0.3 is 5.97 Å². The molecule has 0 fully saturated rings. The maximum atomic E-state index is 13.6. The molecular formula is C18H17FN2O4. The number of rotatable bonds is 5. The molecule has 0 aliphatic heterocycles. The molecule has 2 rings (SSSR count). The van der Waals surface area contributed by atoms with Crippen molar-refractivity contribution in [3.05, 3.63) is 59.4 Å². The molecule has 25 heavy (non-hydrogen) atoms. The first kappa shape index (κ1) is 18.1. The van der Waals surface area contributed by atoms with Crippen LogP contribution in [-0.4, -0.2) is 24.9 Å². The minimum Gasteiger partial charge on any atom is -0.465 e. The van der Waals surface area contributed by atoms with E-state index in [1.807, 2.05) is 0 Å². The first-order valence-corrected chi connectivity index (χ1v) is 7.43. The summed E-state index contributed by atoms with van der Waals surface area (Å²) < 4.78 is 18.1. The average Bonchev–Trinajstić information content (AvgIpc) is 2.57. The van der Waals surface area contributed by atoms with Crippen LogP contribution in [-0.2, 0) is 20.7 Å². The first-order valence-electron chi connectivity index (χ1n) is 7.43. The van der Waals surface area contributed by atoms with Crippen LogP contribution < -0.4 is 10.6 Å². The third kappa shape index (κ3) is 5.13. The fraction of sp³-hybridized carbons (Fsp3) is 0.167. The minimum absolute atomic E-state index is 0.0886. The van der Waals surface area contributed by atoms with Crippen molar-refractivity contribution in [2.75, 3.05) is 17.7 Å². The maximum Gasteiger partial charge on any atom is 0.340 e. The summed E-state index contributed by atoms with van der Waals surface area (Å²) in [6.07, 6.45) is 0.0886. The van der Waals surface area contributed by atoms with Crippen molar-refractivity contribution in [3.63, 3.8) is 0 Å². The van der Waals surface area contributed by atoms with Crippen LogP contribution >= 0.6 is 0 Å². The van der Waals surface area contributed by atoms with Gasteiger partial charge in [-0.2, -0.15) is 0 Å². The zero-order chi connectivity index (χ0) is 18.4. The number of carbonyl (C=O) groups excluding carboxylic acids is 3. The highest BCUT2D eigenvalue weighted by Crippen LogP contribution is 2.16. The smallest absolute Gasteiger partial charge is 0.340 e. The lowest BCUT2D eigenvalue weighted by molar-refractivity contribution is -0.116. The highest BCUT2D eigenvalue weighted by Gasteiger charge is 2.14. The molecule has 0 saturated heterocycles. The van der Waals surface area contributed by atoms with E-state index in [1.165, 1.54) is 19.1 Å². The summed E-state index contributed by atoms with van der Waals surface area (Å²) in [4.78, 5) is 34.5. The van der Waals surface area contributed by atoms with Gasteiger partial charge in [0.05, 0.1) is 19.1 Å². The molecule has 0 aliphatic rings. The molecule has 2 aromatic rings. The van der Waals surface area contributed by atoms with Crippen LogP contribution in [0.5, 0.6) is 0 Å². The molecule has 2 aromatic carbocycles. The number of ether oxygens (including phenoxy) is 1. The molecule has 2 N–H and O–H groups in total. The summed E-state index contributed by atoms with van der Waals surface area (Å²) in [7, 11) is 1.15. The Morgan fingerprint density at radius 3 is 2.24 bits per heavy atom. The normalized spacial score (nSPS) is 10.0. The largest absolute Gasteiger partial charge is 0.465 e. The number of hydrogen-bond acceptors (Lipinski definition) is 4. The van der Waals surface area contributed by atoms with E-state index < -0.39 is 11.8 Å². The summed E-state index contributed by atoms with van der Waals surface area (Å²) in [5.41, 5.74) is 1.42. The average molecular weight is 344 g/mol. The third-order valence-corrected chi connectivity index (χ3v) is 3.29. The highest BCUT2D eigenvalue weighted by atomic mass is 19.1. The van der Waals surface area contributed by atoms with Crippen LogP contribution in [0, 0.1) is 5.82 Å². The predicted molar refractivity (Wildman–Crippen MR) is 90.8 cm³/mol. The van der Waals surface area contributed by atoms with E-state index >= 15 is 0 Å². The standard InChI is InChI=1S/C18H17FN2O4/c1-11(22)20-13-5-3-12(4-6-13)9-17(23)21-14-7-8-16(19)15(10-14)18(24)25-2/h3-8,10H,9H2,1-2H3,(H,20,22)(H,21,23). The number of carbonyl (C=O) groups is 3. The van der Waals surface area contributed by atoms with Gasteiger partial charge in [0.1, 0.15) is 5.82 Å². The number of anilines is 2. The molecule has 7 heteroatoms. The van der Waals surface area contributed by atoms with Gasteiger partial charge in [-0.1, -0.05) is 12.1 Å². The Morgan fingerprint density at radius 2 is 1.64 bits per heavy atom. The number of esters is 1. The summed E-state index contributed by atoms with van der Waals surface area (Å²) >= 11 is 0. The lowest BCUT2D eigenvalue weighted by atomic mass is 10.1. The fourth-order valence-electron chi connectivity index (χ4n) is 2.17. The zero-order valence-corrected chi connectivity index (χ0v) is 13.8. The van der Waals surface area contributed by atoms with Crippen LogP contribution in [0.25, 0.3) is 0 Å². The molecule has 0 spiro atoms. The Bertz CT molecular complexity index is 803. The minimum atomic E-state index is -0.817. The molecule has 0 aliphatic carbocycles. The van der Waals surface area contributed by atoms with E-state index in [1.54, 1.807) is 24.3 Å². The molecule has 0 heterocycles. The fourth-order valence-corrected chi connectivity index (χ4v) is 2.17. The van der Waals surface area contributed by atoms with Gasteiger partial charge in [-0.25, -0.2) is 9.18 Å². The third-order valence-electron chi connectivity index (χ3n) is 3.29. The Labute approximate surface area is 144 Å². The van der Waals surface area contributed by atoms with E-state index in [4.69, 9.17) is 0 Å². The molecule has 0 aromatic heterocycles. The van der Waals surface area contributed by atoms with Crippen LogP contribution in [0.15, 0.2) is 42.5 Å². The van der Waals surface area contributed by atoms with E-state index in [-0.39, 0.29) is 23.8 Å². The van der Waals surface area contributed by atoms with Crippen molar-refractivity contribution in [2.24, 2.45) is 0 Å². The zero-order valence-electron chi connectivity index (χ0n) is 13.8. The number of amides is 2. The molecule has 0 saturated carbocycles.